The first-order valence-corrected chi connectivity index (χ1v) is 13.3. The molecule has 0 N–H and O–H groups in total. The van der Waals surface area contributed by atoms with Gasteiger partial charge in [-0.25, -0.2) is 0 Å². The Balaban J connectivity index is 1.29. The Labute approximate surface area is 211 Å². The van der Waals surface area contributed by atoms with Gasteiger partial charge in [0.1, 0.15) is 6.10 Å². The lowest BCUT2D eigenvalue weighted by molar-refractivity contribution is -0.384. The van der Waals surface area contributed by atoms with Gasteiger partial charge in [0.2, 0.25) is 0 Å². The summed E-state index contributed by atoms with van der Waals surface area (Å²) < 4.78 is 5.78. The van der Waals surface area contributed by atoms with Crippen molar-refractivity contribution in [2.75, 3.05) is 0 Å². The fourth-order valence-electron chi connectivity index (χ4n) is 8.25. The Bertz CT molecular complexity index is 1030. The molecule has 0 bridgehead atoms. The summed E-state index contributed by atoms with van der Waals surface area (Å²) >= 11 is 6.92. The smallest absolute Gasteiger partial charge is 0.302 e. The van der Waals surface area contributed by atoms with Crippen molar-refractivity contribution in [2.45, 2.75) is 83.6 Å². The van der Waals surface area contributed by atoms with E-state index in [0.717, 1.165) is 50.7 Å². The van der Waals surface area contributed by atoms with Crippen LogP contribution in [0.4, 0.5) is 5.69 Å². The molecule has 190 valence electrons. The minimum atomic E-state index is -0.432. The fraction of sp³-hybridized carbons (Fsp3) is 0.704. The minimum absolute atomic E-state index is 0.0236. The molecule has 1 aromatic rings. The van der Waals surface area contributed by atoms with Crippen LogP contribution in [0.25, 0.3) is 0 Å². The largest absolute Gasteiger partial charge is 0.462 e. The number of nitro groups is 1. The summed E-state index contributed by atoms with van der Waals surface area (Å²) in [5, 5.41) is 15.1. The van der Waals surface area contributed by atoms with Crippen molar-refractivity contribution in [1.29, 1.82) is 0 Å². The highest BCUT2D eigenvalue weighted by atomic mass is 35.5. The lowest BCUT2D eigenvalue weighted by Gasteiger charge is -2.60. The van der Waals surface area contributed by atoms with E-state index in [4.69, 9.17) is 21.2 Å². The van der Waals surface area contributed by atoms with E-state index < -0.39 is 4.92 Å². The van der Waals surface area contributed by atoms with Crippen molar-refractivity contribution in [3.05, 3.63) is 34.4 Å². The fourth-order valence-corrected chi connectivity index (χ4v) is 8.71. The molecule has 0 heterocycles. The molecule has 4 aliphatic carbocycles. The normalized spacial score (nSPS) is 41.4. The molecule has 35 heavy (non-hydrogen) atoms. The SMILES string of the molecule is CC(=O)OC1CCC2C3CCC4C/C(=N/Oc5ccc([N+](=O)[O-])cc5)C(Cl)CC4(C)C3CCC12C. The highest BCUT2D eigenvalue weighted by Gasteiger charge is 2.61. The van der Waals surface area contributed by atoms with E-state index in [1.165, 1.54) is 25.5 Å². The van der Waals surface area contributed by atoms with Gasteiger partial charge in [0.25, 0.3) is 5.69 Å². The number of benzene rings is 1. The van der Waals surface area contributed by atoms with Gasteiger partial charge in [-0.05, 0) is 92.6 Å². The molecule has 0 amide bonds. The Morgan fingerprint density at radius 1 is 1.09 bits per heavy atom. The Morgan fingerprint density at radius 3 is 2.49 bits per heavy atom. The number of rotatable bonds is 4. The van der Waals surface area contributed by atoms with E-state index in [1.807, 2.05) is 0 Å². The van der Waals surface area contributed by atoms with E-state index in [-0.39, 0.29) is 34.0 Å². The molecule has 0 aliphatic heterocycles. The summed E-state index contributed by atoms with van der Waals surface area (Å²) in [7, 11) is 0. The monoisotopic (exact) mass is 502 g/mol. The minimum Gasteiger partial charge on any atom is -0.462 e. The number of oxime groups is 1. The van der Waals surface area contributed by atoms with Crippen LogP contribution in [0.2, 0.25) is 0 Å². The van der Waals surface area contributed by atoms with Crippen LogP contribution in [0.3, 0.4) is 0 Å². The first-order valence-electron chi connectivity index (χ1n) is 12.9. The summed E-state index contributed by atoms with van der Waals surface area (Å²) in [5.41, 5.74) is 1.16. The van der Waals surface area contributed by atoms with E-state index >= 15 is 0 Å². The molecule has 7 nitrogen and oxygen atoms in total. The van der Waals surface area contributed by atoms with Crippen LogP contribution in [-0.2, 0) is 9.53 Å². The highest BCUT2D eigenvalue weighted by molar-refractivity contribution is 6.32. The molecule has 0 aromatic heterocycles. The zero-order valence-electron chi connectivity index (χ0n) is 20.7. The average molecular weight is 503 g/mol. The number of alkyl halides is 1. The van der Waals surface area contributed by atoms with E-state index in [0.29, 0.717) is 29.4 Å². The number of halogens is 1. The Morgan fingerprint density at radius 2 is 1.80 bits per heavy atom. The van der Waals surface area contributed by atoms with E-state index in [9.17, 15) is 14.9 Å². The number of nitrogens with zero attached hydrogens (tertiary/aromatic N) is 2. The average Bonchev–Trinajstić information content (AvgIpc) is 3.13. The molecule has 8 atom stereocenters. The maximum atomic E-state index is 11.7. The van der Waals surface area contributed by atoms with Gasteiger partial charge in [-0.1, -0.05) is 19.0 Å². The first-order chi connectivity index (χ1) is 16.6. The van der Waals surface area contributed by atoms with Crippen LogP contribution in [0.5, 0.6) is 5.75 Å². The van der Waals surface area contributed by atoms with Crippen LogP contribution in [-0.4, -0.2) is 28.1 Å². The maximum absolute atomic E-state index is 11.7. The third-order valence-corrected chi connectivity index (χ3v) is 10.4. The van der Waals surface area contributed by atoms with Crippen LogP contribution in [0.15, 0.2) is 29.4 Å². The second-order valence-corrected chi connectivity index (χ2v) is 12.2. The predicted molar refractivity (Wildman–Crippen MR) is 133 cm³/mol. The Kier molecular flexibility index (Phi) is 6.35. The van der Waals surface area contributed by atoms with Crippen LogP contribution in [0, 0.1) is 44.6 Å². The molecule has 4 saturated carbocycles. The number of non-ortho nitro benzene ring substituents is 1. The van der Waals surface area contributed by atoms with Gasteiger partial charge >= 0.3 is 5.97 Å². The molecule has 0 radical (unpaired) electrons. The Hall–Kier alpha value is -2.15. The number of carbonyl (C=O) groups is 1. The summed E-state index contributed by atoms with van der Waals surface area (Å²) in [6.07, 6.45) is 8.55. The number of carbonyl (C=O) groups excluding carboxylic acids is 1. The molecular formula is C27H35ClN2O5. The van der Waals surface area contributed by atoms with Crippen molar-refractivity contribution >= 4 is 29.0 Å². The predicted octanol–water partition coefficient (Wildman–Crippen LogP) is 6.52. The maximum Gasteiger partial charge on any atom is 0.302 e. The summed E-state index contributed by atoms with van der Waals surface area (Å²) in [4.78, 5) is 27.8. The molecular weight excluding hydrogens is 468 g/mol. The second kappa shape index (κ2) is 9.06. The third kappa shape index (κ3) is 4.24. The van der Waals surface area contributed by atoms with Gasteiger partial charge in [-0.3, -0.25) is 14.9 Å². The first kappa shape index (κ1) is 24.5. The highest BCUT2D eigenvalue weighted by Crippen LogP contribution is 2.66. The molecule has 1 aromatic carbocycles. The lowest BCUT2D eigenvalue weighted by Crippen LogP contribution is -2.56. The molecule has 8 heteroatoms. The number of hydrogen-bond donors (Lipinski definition) is 0. The van der Waals surface area contributed by atoms with Crippen LogP contribution >= 0.6 is 11.6 Å². The lowest BCUT2D eigenvalue weighted by atomic mass is 9.45. The van der Waals surface area contributed by atoms with Gasteiger partial charge in [-0.2, -0.15) is 0 Å². The van der Waals surface area contributed by atoms with Gasteiger partial charge in [0.15, 0.2) is 5.75 Å². The van der Waals surface area contributed by atoms with Gasteiger partial charge < -0.3 is 9.57 Å². The number of fused-ring (bicyclic) bond motifs is 5. The van der Waals surface area contributed by atoms with Gasteiger partial charge in [0, 0.05) is 24.5 Å². The molecule has 4 aliphatic rings. The number of nitro benzene ring substituents is 1. The van der Waals surface area contributed by atoms with E-state index in [2.05, 4.69) is 19.0 Å². The zero-order chi connectivity index (χ0) is 25.0. The van der Waals surface area contributed by atoms with Gasteiger partial charge in [-0.15, -0.1) is 11.6 Å². The topological polar surface area (TPSA) is 91.0 Å². The summed E-state index contributed by atoms with van der Waals surface area (Å²) in [6.45, 7) is 6.33. The molecule has 0 spiro atoms. The summed E-state index contributed by atoms with van der Waals surface area (Å²) in [6, 6.07) is 5.96. The summed E-state index contributed by atoms with van der Waals surface area (Å²) in [5.74, 6) is 2.74. The van der Waals surface area contributed by atoms with Crippen LogP contribution in [0.1, 0.15) is 72.1 Å². The third-order valence-electron chi connectivity index (χ3n) is 10.0. The van der Waals surface area contributed by atoms with Gasteiger partial charge in [0.05, 0.1) is 16.0 Å². The van der Waals surface area contributed by atoms with E-state index in [1.54, 1.807) is 12.1 Å². The van der Waals surface area contributed by atoms with Crippen molar-refractivity contribution in [1.82, 2.24) is 0 Å². The van der Waals surface area contributed by atoms with Crippen LogP contribution < -0.4 is 4.84 Å². The van der Waals surface area contributed by atoms with Crippen molar-refractivity contribution in [3.63, 3.8) is 0 Å². The van der Waals surface area contributed by atoms with Crippen molar-refractivity contribution < 1.29 is 19.3 Å². The standard InChI is InChI=1S/C27H35ClN2O5/c1-16(31)34-25-11-10-21-20-9-4-17-14-24(29-35-19-7-5-18(6-8-19)30(32)33)23(28)15-27(17,3)22(20)12-13-26(21,25)2/h5-8,17,20-23,25H,4,9-15H2,1-3H3/b29-24-. The second-order valence-electron chi connectivity index (χ2n) is 11.7. The molecule has 0 saturated heterocycles. The molecule has 4 fully saturated rings. The zero-order valence-corrected chi connectivity index (χ0v) is 21.5. The van der Waals surface area contributed by atoms with Crippen molar-refractivity contribution in [3.8, 4) is 5.75 Å². The number of hydrogen-bond acceptors (Lipinski definition) is 6. The van der Waals surface area contributed by atoms with Crippen molar-refractivity contribution in [2.24, 2.45) is 39.7 Å². The molecule has 5 rings (SSSR count). The quantitative estimate of drug-likeness (QED) is 0.202. The number of ether oxygens (including phenoxy) is 1. The molecule has 8 unspecified atom stereocenters. The number of esters is 1.